The van der Waals surface area contributed by atoms with Gasteiger partial charge >= 0.3 is 0 Å². The summed E-state index contributed by atoms with van der Waals surface area (Å²) in [5, 5.41) is 3.39. The predicted molar refractivity (Wildman–Crippen MR) is 82.6 cm³/mol. The van der Waals surface area contributed by atoms with Gasteiger partial charge < -0.3 is 11.1 Å². The van der Waals surface area contributed by atoms with Crippen molar-refractivity contribution in [3.63, 3.8) is 0 Å². The number of hydrogen-bond donors (Lipinski definition) is 2. The van der Waals surface area contributed by atoms with Gasteiger partial charge in [-0.25, -0.2) is 0 Å². The van der Waals surface area contributed by atoms with Crippen LogP contribution in [0.4, 0.5) is 5.69 Å². The fraction of sp³-hybridized carbons (Fsp3) is 0.462. The summed E-state index contributed by atoms with van der Waals surface area (Å²) in [6.45, 7) is 7.59. The average molecular weight is 315 g/mol. The lowest BCUT2D eigenvalue weighted by molar-refractivity contribution is 0.390. The molecule has 0 fully saturated rings. The van der Waals surface area contributed by atoms with E-state index in [0.717, 1.165) is 28.7 Å². The Morgan fingerprint density at radius 2 is 2.06 bits per heavy atom. The molecule has 3 N–H and O–H groups in total. The summed E-state index contributed by atoms with van der Waals surface area (Å²) in [5.41, 5.74) is 7.92. The Kier molecular flexibility index (Phi) is 4.95. The summed E-state index contributed by atoms with van der Waals surface area (Å²) in [7, 11) is 0. The Morgan fingerprint density at radius 3 is 2.59 bits per heavy atom. The summed E-state index contributed by atoms with van der Waals surface area (Å²) >= 11 is 8.49. The van der Waals surface area contributed by atoms with Crippen LogP contribution in [0.15, 0.2) is 22.7 Å². The predicted octanol–water partition coefficient (Wildman–Crippen LogP) is 3.93. The van der Waals surface area contributed by atoms with Gasteiger partial charge in [-0.1, -0.05) is 48.9 Å². The van der Waals surface area contributed by atoms with Crippen LogP contribution in [0.25, 0.3) is 0 Å². The summed E-state index contributed by atoms with van der Waals surface area (Å²) in [6.07, 6.45) is 1.09. The third kappa shape index (κ3) is 5.04. The van der Waals surface area contributed by atoms with E-state index in [9.17, 15) is 0 Å². The summed E-state index contributed by atoms with van der Waals surface area (Å²) < 4.78 is 1.02. The molecule has 0 unspecified atom stereocenters. The molecule has 0 saturated carbocycles. The molecule has 17 heavy (non-hydrogen) atoms. The van der Waals surface area contributed by atoms with Gasteiger partial charge in [0.05, 0.1) is 0 Å². The molecular weight excluding hydrogens is 296 g/mol. The average Bonchev–Trinajstić information content (AvgIpc) is 2.15. The van der Waals surface area contributed by atoms with Crippen LogP contribution in [-0.4, -0.2) is 11.5 Å². The highest BCUT2D eigenvalue weighted by Crippen LogP contribution is 2.23. The molecule has 0 aliphatic heterocycles. The molecule has 4 heteroatoms. The van der Waals surface area contributed by atoms with Gasteiger partial charge in [-0.2, -0.15) is 0 Å². The van der Waals surface area contributed by atoms with Crippen LogP contribution in [-0.2, 0) is 0 Å². The van der Waals surface area contributed by atoms with Crippen molar-refractivity contribution in [3.8, 4) is 0 Å². The molecular formula is C13H19BrN2S. The quantitative estimate of drug-likeness (QED) is 0.827. The zero-order valence-corrected chi connectivity index (χ0v) is 12.9. The number of nitrogens with two attached hydrogens (primary N) is 1. The topological polar surface area (TPSA) is 38.0 Å². The SMILES string of the molecule is CC(C)(C)CCNc1cc(Br)ccc1C(N)=S. The van der Waals surface area contributed by atoms with Gasteiger partial charge in [-0.3, -0.25) is 0 Å². The van der Waals surface area contributed by atoms with Crippen molar-refractivity contribution in [1.82, 2.24) is 0 Å². The lowest BCUT2D eigenvalue weighted by atomic mass is 9.92. The third-order valence-corrected chi connectivity index (χ3v) is 3.15. The van der Waals surface area contributed by atoms with E-state index < -0.39 is 0 Å². The molecule has 0 aliphatic carbocycles. The minimum atomic E-state index is 0.322. The van der Waals surface area contributed by atoms with Gasteiger partial charge in [0.25, 0.3) is 0 Å². The minimum Gasteiger partial charge on any atom is -0.389 e. The van der Waals surface area contributed by atoms with Crippen LogP contribution < -0.4 is 11.1 Å². The first-order valence-electron chi connectivity index (χ1n) is 5.63. The second-order valence-corrected chi connectivity index (χ2v) is 6.65. The molecule has 0 radical (unpaired) electrons. The molecule has 0 atom stereocenters. The number of benzene rings is 1. The molecule has 1 aromatic rings. The molecule has 2 nitrogen and oxygen atoms in total. The largest absolute Gasteiger partial charge is 0.389 e. The molecule has 94 valence electrons. The van der Waals surface area contributed by atoms with E-state index in [-0.39, 0.29) is 0 Å². The smallest absolute Gasteiger partial charge is 0.106 e. The maximum Gasteiger partial charge on any atom is 0.106 e. The molecule has 0 amide bonds. The lowest BCUT2D eigenvalue weighted by Crippen LogP contribution is -2.16. The lowest BCUT2D eigenvalue weighted by Gasteiger charge is -2.19. The minimum absolute atomic E-state index is 0.322. The van der Waals surface area contributed by atoms with Crippen molar-refractivity contribution in [1.29, 1.82) is 0 Å². The highest BCUT2D eigenvalue weighted by atomic mass is 79.9. The Labute approximate surface area is 117 Å². The van der Waals surface area contributed by atoms with Gasteiger partial charge in [0.2, 0.25) is 0 Å². The monoisotopic (exact) mass is 314 g/mol. The number of hydrogen-bond acceptors (Lipinski definition) is 2. The Morgan fingerprint density at radius 1 is 1.41 bits per heavy atom. The fourth-order valence-electron chi connectivity index (χ4n) is 1.45. The first-order chi connectivity index (χ1) is 7.79. The fourth-order valence-corrected chi connectivity index (χ4v) is 1.99. The van der Waals surface area contributed by atoms with Gasteiger partial charge in [0, 0.05) is 22.3 Å². The maximum absolute atomic E-state index is 5.70. The Bertz CT molecular complexity index is 410. The Hall–Kier alpha value is -0.610. The maximum atomic E-state index is 5.70. The van der Waals surface area contributed by atoms with Crippen molar-refractivity contribution in [2.45, 2.75) is 27.2 Å². The molecule has 0 aliphatic rings. The molecule has 0 heterocycles. The van der Waals surface area contributed by atoms with Crippen molar-refractivity contribution < 1.29 is 0 Å². The molecule has 0 bridgehead atoms. The molecule has 0 saturated heterocycles. The van der Waals surface area contributed by atoms with Gasteiger partial charge in [-0.05, 0) is 30.0 Å². The highest BCUT2D eigenvalue weighted by molar-refractivity contribution is 9.10. The second kappa shape index (κ2) is 5.83. The zero-order valence-electron chi connectivity index (χ0n) is 10.5. The molecule has 1 aromatic carbocycles. The number of thiocarbonyl (C=S) groups is 1. The third-order valence-electron chi connectivity index (χ3n) is 2.44. The van der Waals surface area contributed by atoms with Gasteiger partial charge in [-0.15, -0.1) is 0 Å². The van der Waals surface area contributed by atoms with Crippen LogP contribution in [0.1, 0.15) is 32.8 Å². The Balaban J connectivity index is 2.75. The van der Waals surface area contributed by atoms with E-state index in [4.69, 9.17) is 18.0 Å². The number of nitrogens with one attached hydrogen (secondary N) is 1. The van der Waals surface area contributed by atoms with Crippen molar-refractivity contribution >= 4 is 38.8 Å². The van der Waals surface area contributed by atoms with Crippen LogP contribution >= 0.6 is 28.1 Å². The van der Waals surface area contributed by atoms with Crippen molar-refractivity contribution in [3.05, 3.63) is 28.2 Å². The molecule has 1 rings (SSSR count). The number of rotatable bonds is 4. The first-order valence-corrected chi connectivity index (χ1v) is 6.83. The standard InChI is InChI=1S/C13H19BrN2S/c1-13(2,3)6-7-16-11-8-9(14)4-5-10(11)12(15)17/h4-5,8,16H,6-7H2,1-3H3,(H2,15,17). The van der Waals surface area contributed by atoms with Gasteiger partial charge in [0.15, 0.2) is 0 Å². The number of halogens is 1. The van der Waals surface area contributed by atoms with Crippen LogP contribution in [0.3, 0.4) is 0 Å². The van der Waals surface area contributed by atoms with E-state index in [1.165, 1.54) is 0 Å². The first kappa shape index (κ1) is 14.5. The summed E-state index contributed by atoms with van der Waals surface area (Å²) in [4.78, 5) is 0.427. The molecule has 0 spiro atoms. The van der Waals surface area contributed by atoms with Crippen molar-refractivity contribution in [2.75, 3.05) is 11.9 Å². The summed E-state index contributed by atoms with van der Waals surface area (Å²) in [5.74, 6) is 0. The van der Waals surface area contributed by atoms with Gasteiger partial charge in [0.1, 0.15) is 4.99 Å². The van der Waals surface area contributed by atoms with Crippen LogP contribution in [0.5, 0.6) is 0 Å². The second-order valence-electron chi connectivity index (χ2n) is 5.29. The van der Waals surface area contributed by atoms with E-state index in [2.05, 4.69) is 42.0 Å². The van der Waals surface area contributed by atoms with E-state index in [0.29, 0.717) is 10.4 Å². The zero-order chi connectivity index (χ0) is 13.1. The normalized spacial score (nSPS) is 11.3. The molecule has 0 aromatic heterocycles. The highest BCUT2D eigenvalue weighted by Gasteiger charge is 2.10. The van der Waals surface area contributed by atoms with E-state index >= 15 is 0 Å². The summed E-state index contributed by atoms with van der Waals surface area (Å²) in [6, 6.07) is 5.90. The van der Waals surface area contributed by atoms with Crippen LogP contribution in [0, 0.1) is 5.41 Å². The number of anilines is 1. The van der Waals surface area contributed by atoms with Crippen LogP contribution in [0.2, 0.25) is 0 Å². The van der Waals surface area contributed by atoms with E-state index in [1.807, 2.05) is 18.2 Å². The van der Waals surface area contributed by atoms with Crippen molar-refractivity contribution in [2.24, 2.45) is 11.1 Å². The van der Waals surface area contributed by atoms with E-state index in [1.54, 1.807) is 0 Å².